The van der Waals surface area contributed by atoms with E-state index in [0.717, 1.165) is 5.56 Å². The van der Waals surface area contributed by atoms with Gasteiger partial charge in [0.15, 0.2) is 0 Å². The number of carboxylic acids is 1. The average Bonchev–Trinajstić information content (AvgIpc) is 2.74. The summed E-state index contributed by atoms with van der Waals surface area (Å²) in [6.07, 6.45) is 3.34. The number of nitrogens with one attached hydrogen (secondary N) is 1. The summed E-state index contributed by atoms with van der Waals surface area (Å²) in [5, 5.41) is 9.44. The van der Waals surface area contributed by atoms with Crippen LogP contribution >= 0.6 is 0 Å². The molecule has 0 aliphatic carbocycles. The van der Waals surface area contributed by atoms with Crippen LogP contribution in [0.2, 0.25) is 0 Å². The maximum absolute atomic E-state index is 12.5. The molecule has 1 atom stereocenters. The standard InChI is InChI=1S/C19H23N3O6S/c23-19(24)18(22-9-11-27-12-10-22)13-21-29(25,26)17-3-1-16(2-4-17)28-14-15-5-7-20-8-6-15/h1-8,18,21H,9-14H2,(H,23,24). The molecule has 1 unspecified atom stereocenters. The van der Waals surface area contributed by atoms with Crippen molar-refractivity contribution in [2.75, 3.05) is 32.8 Å². The maximum Gasteiger partial charge on any atom is 0.322 e. The van der Waals surface area contributed by atoms with Crippen LogP contribution in [-0.4, -0.2) is 68.3 Å². The first-order valence-corrected chi connectivity index (χ1v) is 10.6. The molecular formula is C19H23N3O6S. The van der Waals surface area contributed by atoms with Crippen molar-refractivity contribution in [2.24, 2.45) is 0 Å². The lowest BCUT2D eigenvalue weighted by Crippen LogP contribution is -2.52. The molecule has 156 valence electrons. The van der Waals surface area contributed by atoms with Crippen LogP contribution in [0.15, 0.2) is 53.7 Å². The molecule has 2 heterocycles. The summed E-state index contributed by atoms with van der Waals surface area (Å²) < 4.78 is 38.3. The summed E-state index contributed by atoms with van der Waals surface area (Å²) in [7, 11) is -3.85. The molecular weight excluding hydrogens is 398 g/mol. The molecule has 2 N–H and O–H groups in total. The van der Waals surface area contributed by atoms with E-state index in [9.17, 15) is 18.3 Å². The Balaban J connectivity index is 1.58. The third-order valence-electron chi connectivity index (χ3n) is 4.53. The van der Waals surface area contributed by atoms with Crippen molar-refractivity contribution in [1.29, 1.82) is 0 Å². The Morgan fingerprint density at radius 2 is 1.83 bits per heavy atom. The summed E-state index contributed by atoms with van der Waals surface area (Å²) >= 11 is 0. The summed E-state index contributed by atoms with van der Waals surface area (Å²) in [4.78, 5) is 17.2. The van der Waals surface area contributed by atoms with Gasteiger partial charge in [-0.2, -0.15) is 0 Å². The molecule has 0 bridgehead atoms. The molecule has 0 amide bonds. The molecule has 0 saturated carbocycles. The van der Waals surface area contributed by atoms with Crippen molar-refractivity contribution in [1.82, 2.24) is 14.6 Å². The van der Waals surface area contributed by atoms with E-state index < -0.39 is 22.0 Å². The number of hydrogen-bond acceptors (Lipinski definition) is 7. The van der Waals surface area contributed by atoms with Crippen LogP contribution in [0.25, 0.3) is 0 Å². The Morgan fingerprint density at radius 3 is 2.45 bits per heavy atom. The van der Waals surface area contributed by atoms with Crippen LogP contribution < -0.4 is 9.46 Å². The molecule has 0 spiro atoms. The number of aliphatic carboxylic acids is 1. The highest BCUT2D eigenvalue weighted by Crippen LogP contribution is 2.17. The van der Waals surface area contributed by atoms with Crippen LogP contribution in [0.4, 0.5) is 0 Å². The first-order valence-electron chi connectivity index (χ1n) is 9.12. The number of ether oxygens (including phenoxy) is 2. The fraction of sp³-hybridized carbons (Fsp3) is 0.368. The number of rotatable bonds is 9. The van der Waals surface area contributed by atoms with Gasteiger partial charge in [-0.1, -0.05) is 0 Å². The van der Waals surface area contributed by atoms with E-state index >= 15 is 0 Å². The fourth-order valence-corrected chi connectivity index (χ4v) is 3.93. The molecule has 1 fully saturated rings. The number of carbonyl (C=O) groups is 1. The third-order valence-corrected chi connectivity index (χ3v) is 5.97. The second-order valence-corrected chi connectivity index (χ2v) is 8.24. The zero-order valence-electron chi connectivity index (χ0n) is 15.7. The minimum atomic E-state index is -3.85. The highest BCUT2D eigenvalue weighted by Gasteiger charge is 2.28. The maximum atomic E-state index is 12.5. The van der Waals surface area contributed by atoms with Gasteiger partial charge in [0, 0.05) is 32.0 Å². The Bertz CT molecular complexity index is 899. The van der Waals surface area contributed by atoms with Gasteiger partial charge in [-0.15, -0.1) is 0 Å². The number of pyridine rings is 1. The van der Waals surface area contributed by atoms with Crippen molar-refractivity contribution >= 4 is 16.0 Å². The van der Waals surface area contributed by atoms with E-state index in [0.29, 0.717) is 38.7 Å². The lowest BCUT2D eigenvalue weighted by atomic mass is 10.2. The summed E-state index contributed by atoms with van der Waals surface area (Å²) in [5.74, 6) is -0.549. The minimum absolute atomic E-state index is 0.0416. The van der Waals surface area contributed by atoms with Gasteiger partial charge >= 0.3 is 5.97 Å². The number of benzene rings is 1. The monoisotopic (exact) mass is 421 g/mol. The first-order chi connectivity index (χ1) is 14.0. The van der Waals surface area contributed by atoms with Crippen LogP contribution in [0.1, 0.15) is 5.56 Å². The van der Waals surface area contributed by atoms with Crippen molar-refractivity contribution in [3.63, 3.8) is 0 Å². The van der Waals surface area contributed by atoms with E-state index in [4.69, 9.17) is 9.47 Å². The van der Waals surface area contributed by atoms with Gasteiger partial charge in [-0.25, -0.2) is 13.1 Å². The minimum Gasteiger partial charge on any atom is -0.489 e. The lowest BCUT2D eigenvalue weighted by molar-refractivity contribution is -0.144. The van der Waals surface area contributed by atoms with Gasteiger partial charge in [0.05, 0.1) is 18.1 Å². The quantitative estimate of drug-likeness (QED) is 0.608. The predicted molar refractivity (Wildman–Crippen MR) is 104 cm³/mol. The second kappa shape index (κ2) is 9.79. The average molecular weight is 421 g/mol. The molecule has 1 saturated heterocycles. The lowest BCUT2D eigenvalue weighted by Gasteiger charge is -2.31. The van der Waals surface area contributed by atoms with Gasteiger partial charge in [-0.05, 0) is 42.0 Å². The zero-order chi connectivity index (χ0) is 20.7. The van der Waals surface area contributed by atoms with Gasteiger partial charge in [0.25, 0.3) is 0 Å². The van der Waals surface area contributed by atoms with E-state index in [2.05, 4.69) is 9.71 Å². The molecule has 1 aromatic carbocycles. The van der Waals surface area contributed by atoms with Crippen LogP contribution in [-0.2, 0) is 26.2 Å². The summed E-state index contributed by atoms with van der Waals surface area (Å²) in [6.45, 7) is 1.87. The van der Waals surface area contributed by atoms with Crippen molar-refractivity contribution in [3.8, 4) is 5.75 Å². The van der Waals surface area contributed by atoms with Gasteiger partial charge in [0.2, 0.25) is 10.0 Å². The largest absolute Gasteiger partial charge is 0.489 e. The molecule has 9 nitrogen and oxygen atoms in total. The Kier molecular flexibility index (Phi) is 7.15. The number of carboxylic acid groups (broad SMARTS) is 1. The Morgan fingerprint density at radius 1 is 1.17 bits per heavy atom. The van der Waals surface area contributed by atoms with Gasteiger partial charge in [-0.3, -0.25) is 14.7 Å². The fourth-order valence-electron chi connectivity index (χ4n) is 2.89. The molecule has 1 aliphatic rings. The van der Waals surface area contributed by atoms with E-state index in [1.54, 1.807) is 29.4 Å². The number of morpholine rings is 1. The number of sulfonamides is 1. The smallest absolute Gasteiger partial charge is 0.322 e. The van der Waals surface area contributed by atoms with Crippen molar-refractivity contribution in [2.45, 2.75) is 17.5 Å². The molecule has 10 heteroatoms. The first kappa shape index (κ1) is 21.2. The van der Waals surface area contributed by atoms with E-state index in [-0.39, 0.29) is 11.4 Å². The highest BCUT2D eigenvalue weighted by atomic mass is 32.2. The van der Waals surface area contributed by atoms with E-state index in [1.807, 2.05) is 12.1 Å². The third kappa shape index (κ3) is 5.97. The summed E-state index contributed by atoms with van der Waals surface area (Å²) in [6, 6.07) is 8.69. The zero-order valence-corrected chi connectivity index (χ0v) is 16.5. The van der Waals surface area contributed by atoms with E-state index in [1.165, 1.54) is 12.1 Å². The van der Waals surface area contributed by atoms with Gasteiger partial charge in [0.1, 0.15) is 18.4 Å². The normalized spacial score (nSPS) is 16.3. The molecule has 0 radical (unpaired) electrons. The Labute approximate surface area is 169 Å². The van der Waals surface area contributed by atoms with Crippen LogP contribution in [0, 0.1) is 0 Å². The molecule has 2 aromatic rings. The molecule has 29 heavy (non-hydrogen) atoms. The molecule has 1 aromatic heterocycles. The molecule has 3 rings (SSSR count). The molecule has 1 aliphatic heterocycles. The van der Waals surface area contributed by atoms with Crippen molar-refractivity contribution in [3.05, 3.63) is 54.4 Å². The number of nitrogens with zero attached hydrogens (tertiary/aromatic N) is 2. The highest BCUT2D eigenvalue weighted by molar-refractivity contribution is 7.89. The Hall–Kier alpha value is -2.53. The van der Waals surface area contributed by atoms with Gasteiger partial charge < -0.3 is 14.6 Å². The van der Waals surface area contributed by atoms with Crippen LogP contribution in [0.5, 0.6) is 5.75 Å². The topological polar surface area (TPSA) is 118 Å². The second-order valence-electron chi connectivity index (χ2n) is 6.47. The van der Waals surface area contributed by atoms with Crippen LogP contribution in [0.3, 0.4) is 0 Å². The number of aromatic nitrogens is 1. The SMILES string of the molecule is O=C(O)C(CNS(=O)(=O)c1ccc(OCc2ccncc2)cc1)N1CCOCC1. The van der Waals surface area contributed by atoms with Crippen molar-refractivity contribution < 1.29 is 27.8 Å². The number of hydrogen-bond donors (Lipinski definition) is 2. The summed E-state index contributed by atoms with van der Waals surface area (Å²) in [5.41, 5.74) is 0.946. The predicted octanol–water partition coefficient (Wildman–Crippen LogP) is 0.724.